The molecule has 0 bridgehead atoms. The zero-order valence-corrected chi connectivity index (χ0v) is 19.7. The lowest BCUT2D eigenvalue weighted by Gasteiger charge is -2.38. The van der Waals surface area contributed by atoms with E-state index < -0.39 is 12.6 Å². The maximum atomic E-state index is 13.8. The van der Waals surface area contributed by atoms with Crippen molar-refractivity contribution in [2.75, 3.05) is 13.2 Å². The van der Waals surface area contributed by atoms with Gasteiger partial charge in [0.15, 0.2) is 6.61 Å². The summed E-state index contributed by atoms with van der Waals surface area (Å²) in [5.41, 5.74) is 5.31. The molecule has 3 aromatic rings. The standard InChI is InChI=1S/C28H26ClNO4/c1-17-6-8-19(9-7-17)22-15-23(22)28(33)30-13-12-18-4-2-3-5-21(18)27(30)24-14-20(29)10-11-25(24)34-16-26(31)32/h2-11,14,22-23,27H,12-13,15-16H2,1H3,(H,31,32). The molecule has 1 N–H and O–H groups in total. The zero-order chi connectivity index (χ0) is 23.8. The summed E-state index contributed by atoms with van der Waals surface area (Å²) in [7, 11) is 0. The van der Waals surface area contributed by atoms with Gasteiger partial charge in [0, 0.05) is 23.0 Å². The van der Waals surface area contributed by atoms with Crippen molar-refractivity contribution < 1.29 is 19.4 Å². The van der Waals surface area contributed by atoms with Crippen LogP contribution in [0.3, 0.4) is 0 Å². The number of aryl methyl sites for hydroxylation is 1. The van der Waals surface area contributed by atoms with Crippen LogP contribution < -0.4 is 4.74 Å². The number of benzene rings is 3. The first-order valence-corrected chi connectivity index (χ1v) is 11.9. The summed E-state index contributed by atoms with van der Waals surface area (Å²) in [6.07, 6.45) is 1.61. The lowest BCUT2D eigenvalue weighted by Crippen LogP contribution is -2.41. The molecule has 5 rings (SSSR count). The van der Waals surface area contributed by atoms with Gasteiger partial charge in [0.1, 0.15) is 5.75 Å². The Morgan fingerprint density at radius 3 is 2.59 bits per heavy atom. The monoisotopic (exact) mass is 475 g/mol. The third-order valence-corrected chi connectivity index (χ3v) is 7.03. The Morgan fingerprint density at radius 2 is 1.82 bits per heavy atom. The van der Waals surface area contributed by atoms with Crippen LogP contribution in [0.25, 0.3) is 0 Å². The van der Waals surface area contributed by atoms with Gasteiger partial charge in [-0.3, -0.25) is 4.79 Å². The van der Waals surface area contributed by atoms with E-state index in [-0.39, 0.29) is 23.8 Å². The quantitative estimate of drug-likeness (QED) is 0.519. The highest BCUT2D eigenvalue weighted by molar-refractivity contribution is 6.30. The summed E-state index contributed by atoms with van der Waals surface area (Å²) in [5.74, 6) is -0.339. The number of carboxylic acid groups (broad SMARTS) is 1. The van der Waals surface area contributed by atoms with Gasteiger partial charge in [-0.15, -0.1) is 0 Å². The predicted octanol–water partition coefficient (Wildman–Crippen LogP) is 5.39. The second-order valence-corrected chi connectivity index (χ2v) is 9.54. The SMILES string of the molecule is Cc1ccc(C2CC2C(=O)N2CCc3ccccc3C2c2cc(Cl)ccc2OCC(=O)O)cc1. The smallest absolute Gasteiger partial charge is 0.341 e. The molecule has 1 amide bonds. The summed E-state index contributed by atoms with van der Waals surface area (Å²) >= 11 is 6.37. The molecular weight excluding hydrogens is 450 g/mol. The van der Waals surface area contributed by atoms with Crippen LogP contribution in [-0.2, 0) is 16.0 Å². The Kier molecular flexibility index (Phi) is 6.05. The molecule has 34 heavy (non-hydrogen) atoms. The average Bonchev–Trinajstić information content (AvgIpc) is 3.63. The van der Waals surface area contributed by atoms with Crippen LogP contribution in [0.2, 0.25) is 5.02 Å². The average molecular weight is 476 g/mol. The third-order valence-electron chi connectivity index (χ3n) is 6.80. The van der Waals surface area contributed by atoms with Crippen LogP contribution in [0.15, 0.2) is 66.7 Å². The minimum absolute atomic E-state index is 0.0574. The number of fused-ring (bicyclic) bond motifs is 1. The molecule has 0 spiro atoms. The maximum Gasteiger partial charge on any atom is 0.341 e. The Balaban J connectivity index is 1.51. The number of ether oxygens (including phenoxy) is 1. The van der Waals surface area contributed by atoms with Gasteiger partial charge in [0.25, 0.3) is 0 Å². The molecule has 2 aliphatic rings. The molecule has 174 valence electrons. The van der Waals surface area contributed by atoms with Crippen molar-refractivity contribution in [3.63, 3.8) is 0 Å². The Bertz CT molecular complexity index is 1240. The number of hydrogen-bond donors (Lipinski definition) is 1. The van der Waals surface area contributed by atoms with Crippen molar-refractivity contribution in [1.82, 2.24) is 4.90 Å². The molecular formula is C28H26ClNO4. The minimum atomic E-state index is -1.06. The van der Waals surface area contributed by atoms with Crippen LogP contribution in [-0.4, -0.2) is 35.0 Å². The molecule has 0 radical (unpaired) electrons. The molecule has 0 aromatic heterocycles. The number of hydrogen-bond acceptors (Lipinski definition) is 3. The van der Waals surface area contributed by atoms with E-state index >= 15 is 0 Å². The fraction of sp³-hybridized carbons (Fsp3) is 0.286. The molecule has 1 saturated carbocycles. The second kappa shape index (κ2) is 9.15. The highest BCUT2D eigenvalue weighted by Crippen LogP contribution is 2.51. The number of amides is 1. The normalized spacial score (nSPS) is 21.0. The van der Waals surface area contributed by atoms with Crippen molar-refractivity contribution in [2.24, 2.45) is 5.92 Å². The molecule has 1 fully saturated rings. The third kappa shape index (κ3) is 4.40. The first kappa shape index (κ1) is 22.5. The highest BCUT2D eigenvalue weighted by Gasteiger charge is 2.48. The molecule has 1 aliphatic heterocycles. The number of rotatable bonds is 6. The van der Waals surface area contributed by atoms with Gasteiger partial charge in [-0.05, 0) is 60.6 Å². The fourth-order valence-electron chi connectivity index (χ4n) is 5.01. The number of nitrogens with zero attached hydrogens (tertiary/aromatic N) is 1. The van der Waals surface area contributed by atoms with Gasteiger partial charge in [-0.25, -0.2) is 4.79 Å². The van der Waals surface area contributed by atoms with E-state index in [4.69, 9.17) is 21.4 Å². The van der Waals surface area contributed by atoms with Gasteiger partial charge >= 0.3 is 5.97 Å². The molecule has 1 aliphatic carbocycles. The predicted molar refractivity (Wildman–Crippen MR) is 130 cm³/mol. The second-order valence-electron chi connectivity index (χ2n) is 9.11. The fourth-order valence-corrected chi connectivity index (χ4v) is 5.19. The Labute approximate surface area is 203 Å². The van der Waals surface area contributed by atoms with Gasteiger partial charge < -0.3 is 14.7 Å². The van der Waals surface area contributed by atoms with Crippen molar-refractivity contribution in [3.8, 4) is 5.75 Å². The van der Waals surface area contributed by atoms with E-state index in [0.717, 1.165) is 18.4 Å². The van der Waals surface area contributed by atoms with Gasteiger partial charge in [0.2, 0.25) is 5.91 Å². The molecule has 5 nitrogen and oxygen atoms in total. The number of aliphatic carboxylic acids is 1. The van der Waals surface area contributed by atoms with E-state index in [9.17, 15) is 9.59 Å². The van der Waals surface area contributed by atoms with Gasteiger partial charge in [0.05, 0.1) is 6.04 Å². The lowest BCUT2D eigenvalue weighted by molar-refractivity contribution is -0.139. The van der Waals surface area contributed by atoms with E-state index in [2.05, 4.69) is 37.3 Å². The number of carbonyl (C=O) groups is 2. The first-order valence-electron chi connectivity index (χ1n) is 11.5. The van der Waals surface area contributed by atoms with Crippen LogP contribution >= 0.6 is 11.6 Å². The molecule has 3 unspecified atom stereocenters. The van der Waals surface area contributed by atoms with Crippen molar-refractivity contribution >= 4 is 23.5 Å². The Morgan fingerprint density at radius 1 is 1.06 bits per heavy atom. The van der Waals surface area contributed by atoms with Crippen LogP contribution in [0.1, 0.15) is 46.2 Å². The number of halogens is 1. The Hall–Kier alpha value is -3.31. The van der Waals surface area contributed by atoms with Crippen molar-refractivity contribution in [2.45, 2.75) is 31.7 Å². The van der Waals surface area contributed by atoms with Gasteiger partial charge in [-0.2, -0.15) is 0 Å². The number of carboxylic acids is 1. The van der Waals surface area contributed by atoms with Crippen LogP contribution in [0.4, 0.5) is 0 Å². The molecule has 1 heterocycles. The van der Waals surface area contributed by atoms with E-state index in [1.165, 1.54) is 16.7 Å². The lowest BCUT2D eigenvalue weighted by atomic mass is 9.87. The van der Waals surface area contributed by atoms with Crippen LogP contribution in [0.5, 0.6) is 5.75 Å². The summed E-state index contributed by atoms with van der Waals surface area (Å²) in [6, 6.07) is 21.3. The largest absolute Gasteiger partial charge is 0.482 e. The van der Waals surface area contributed by atoms with E-state index in [1.807, 2.05) is 23.1 Å². The van der Waals surface area contributed by atoms with E-state index in [1.54, 1.807) is 18.2 Å². The van der Waals surface area contributed by atoms with Gasteiger partial charge in [-0.1, -0.05) is 65.7 Å². The first-order chi connectivity index (χ1) is 16.4. The number of carbonyl (C=O) groups excluding carboxylic acids is 1. The maximum absolute atomic E-state index is 13.8. The van der Waals surface area contributed by atoms with Crippen LogP contribution in [0, 0.1) is 12.8 Å². The topological polar surface area (TPSA) is 66.8 Å². The molecule has 6 heteroatoms. The molecule has 0 saturated heterocycles. The summed E-state index contributed by atoms with van der Waals surface area (Å²) in [4.78, 5) is 26.9. The molecule has 3 atom stereocenters. The summed E-state index contributed by atoms with van der Waals surface area (Å²) in [5, 5.41) is 9.66. The van der Waals surface area contributed by atoms with Crippen molar-refractivity contribution in [3.05, 3.63) is 99.6 Å². The highest BCUT2D eigenvalue weighted by atomic mass is 35.5. The van der Waals surface area contributed by atoms with Crippen molar-refractivity contribution in [1.29, 1.82) is 0 Å². The van der Waals surface area contributed by atoms with E-state index in [0.29, 0.717) is 22.9 Å². The minimum Gasteiger partial charge on any atom is -0.482 e. The summed E-state index contributed by atoms with van der Waals surface area (Å²) < 4.78 is 5.63. The zero-order valence-electron chi connectivity index (χ0n) is 18.9. The summed E-state index contributed by atoms with van der Waals surface area (Å²) in [6.45, 7) is 2.18. The molecule has 3 aromatic carbocycles.